The van der Waals surface area contributed by atoms with E-state index in [1.807, 2.05) is 0 Å². The number of aromatic nitrogens is 1. The monoisotopic (exact) mass is 181 g/mol. The summed E-state index contributed by atoms with van der Waals surface area (Å²) >= 11 is 0. The normalized spacial score (nSPS) is 13.4. The summed E-state index contributed by atoms with van der Waals surface area (Å²) in [6, 6.07) is 4.76. The number of aromatic hydroxyl groups is 1. The highest BCUT2D eigenvalue weighted by Gasteiger charge is 2.15. The molecule has 3 nitrogen and oxygen atoms in total. The number of para-hydroxylation sites is 1. The molecule has 0 radical (unpaired) electrons. The lowest BCUT2D eigenvalue weighted by atomic mass is 10.1. The summed E-state index contributed by atoms with van der Waals surface area (Å²) in [5.74, 6) is -0.0168. The molecule has 1 atom stereocenters. The highest BCUT2D eigenvalue weighted by Crippen LogP contribution is 2.30. The smallest absolute Gasteiger partial charge is 0.208 e. The summed E-state index contributed by atoms with van der Waals surface area (Å²) in [4.78, 5) is 0. The van der Waals surface area contributed by atoms with E-state index in [0.29, 0.717) is 5.39 Å². The molecule has 0 saturated carbocycles. The van der Waals surface area contributed by atoms with Gasteiger partial charge in [0.1, 0.15) is 11.9 Å². The van der Waals surface area contributed by atoms with Crippen LogP contribution in [0.2, 0.25) is 0 Å². The molecule has 0 fully saturated rings. The predicted octanol–water partition coefficient (Wildman–Crippen LogP) is 2.56. The molecule has 68 valence electrons. The van der Waals surface area contributed by atoms with Crippen molar-refractivity contribution in [2.75, 3.05) is 0 Å². The largest absolute Gasteiger partial charge is 0.504 e. The van der Waals surface area contributed by atoms with Gasteiger partial charge in [0.15, 0.2) is 5.75 Å². The third kappa shape index (κ3) is 1.14. The zero-order chi connectivity index (χ0) is 9.42. The number of benzene rings is 1. The zero-order valence-corrected chi connectivity index (χ0v) is 6.99. The van der Waals surface area contributed by atoms with Gasteiger partial charge in [0.2, 0.25) is 5.58 Å². The van der Waals surface area contributed by atoms with Gasteiger partial charge in [-0.2, -0.15) is 0 Å². The molecule has 1 unspecified atom stereocenters. The Labute approximate surface area is 73.8 Å². The molecule has 13 heavy (non-hydrogen) atoms. The Morgan fingerprint density at radius 3 is 3.00 bits per heavy atom. The van der Waals surface area contributed by atoms with Crippen LogP contribution in [0.15, 0.2) is 22.7 Å². The minimum Gasteiger partial charge on any atom is -0.504 e. The van der Waals surface area contributed by atoms with E-state index in [1.54, 1.807) is 12.1 Å². The minimum atomic E-state index is -1.19. The molecular formula is C9H8FNO2. The number of phenols is 1. The van der Waals surface area contributed by atoms with Crippen molar-refractivity contribution in [3.63, 3.8) is 0 Å². The van der Waals surface area contributed by atoms with Gasteiger partial charge in [-0.15, -0.1) is 0 Å². The lowest BCUT2D eigenvalue weighted by Gasteiger charge is -1.94. The number of hydrogen-bond acceptors (Lipinski definition) is 3. The van der Waals surface area contributed by atoms with Crippen LogP contribution in [-0.2, 0) is 0 Å². The van der Waals surface area contributed by atoms with E-state index in [1.165, 1.54) is 13.0 Å². The van der Waals surface area contributed by atoms with E-state index < -0.39 is 6.17 Å². The molecular weight excluding hydrogens is 173 g/mol. The molecule has 0 bridgehead atoms. The van der Waals surface area contributed by atoms with Crippen LogP contribution in [0, 0.1) is 0 Å². The van der Waals surface area contributed by atoms with E-state index in [-0.39, 0.29) is 17.0 Å². The maximum absolute atomic E-state index is 12.9. The van der Waals surface area contributed by atoms with Crippen molar-refractivity contribution in [3.05, 3.63) is 23.9 Å². The minimum absolute atomic E-state index is 0.0168. The van der Waals surface area contributed by atoms with Crippen LogP contribution in [0.25, 0.3) is 11.0 Å². The third-order valence-corrected chi connectivity index (χ3v) is 1.88. The van der Waals surface area contributed by atoms with Gasteiger partial charge in [-0.25, -0.2) is 4.39 Å². The summed E-state index contributed by atoms with van der Waals surface area (Å²) in [5, 5.41) is 13.4. The molecule has 0 aliphatic rings. The summed E-state index contributed by atoms with van der Waals surface area (Å²) in [6.45, 7) is 1.38. The van der Waals surface area contributed by atoms with E-state index in [2.05, 4.69) is 5.16 Å². The first kappa shape index (κ1) is 8.04. The fourth-order valence-corrected chi connectivity index (χ4v) is 1.25. The molecule has 2 rings (SSSR count). The van der Waals surface area contributed by atoms with E-state index in [4.69, 9.17) is 4.52 Å². The van der Waals surface area contributed by atoms with Crippen LogP contribution in [-0.4, -0.2) is 10.3 Å². The summed E-state index contributed by atoms with van der Waals surface area (Å²) in [5.41, 5.74) is 0.466. The first-order valence-corrected chi connectivity index (χ1v) is 3.91. The van der Waals surface area contributed by atoms with Gasteiger partial charge in [-0.3, -0.25) is 0 Å². The maximum Gasteiger partial charge on any atom is 0.208 e. The number of rotatable bonds is 1. The zero-order valence-electron chi connectivity index (χ0n) is 6.99. The topological polar surface area (TPSA) is 46.3 Å². The predicted molar refractivity (Wildman–Crippen MR) is 45.2 cm³/mol. The van der Waals surface area contributed by atoms with Crippen LogP contribution in [0.1, 0.15) is 18.8 Å². The van der Waals surface area contributed by atoms with Crippen LogP contribution in [0.5, 0.6) is 5.75 Å². The van der Waals surface area contributed by atoms with Crippen molar-refractivity contribution in [1.29, 1.82) is 0 Å². The second-order valence-electron chi connectivity index (χ2n) is 2.84. The molecule has 1 N–H and O–H groups in total. The van der Waals surface area contributed by atoms with Crippen molar-refractivity contribution in [3.8, 4) is 5.75 Å². The molecule has 0 spiro atoms. The summed E-state index contributed by atoms with van der Waals surface area (Å²) < 4.78 is 17.7. The van der Waals surface area contributed by atoms with Gasteiger partial charge in [0.05, 0.1) is 5.39 Å². The van der Waals surface area contributed by atoms with Gasteiger partial charge in [-0.05, 0) is 19.1 Å². The highest BCUT2D eigenvalue weighted by molar-refractivity contribution is 5.84. The average molecular weight is 181 g/mol. The Bertz CT molecular complexity index is 436. The van der Waals surface area contributed by atoms with Crippen molar-refractivity contribution in [2.24, 2.45) is 0 Å². The van der Waals surface area contributed by atoms with Crippen LogP contribution < -0.4 is 0 Å². The second-order valence-corrected chi connectivity index (χ2v) is 2.84. The Morgan fingerprint density at radius 1 is 1.54 bits per heavy atom. The van der Waals surface area contributed by atoms with Gasteiger partial charge in [0.25, 0.3) is 0 Å². The number of halogens is 1. The quantitative estimate of drug-likeness (QED) is 0.735. The molecule has 0 amide bonds. The number of alkyl halides is 1. The Kier molecular flexibility index (Phi) is 1.69. The van der Waals surface area contributed by atoms with Crippen LogP contribution in [0.4, 0.5) is 4.39 Å². The van der Waals surface area contributed by atoms with E-state index in [0.717, 1.165) is 0 Å². The molecule has 1 heterocycles. The first-order valence-electron chi connectivity index (χ1n) is 3.91. The number of nitrogens with zero attached hydrogens (tertiary/aromatic N) is 1. The van der Waals surface area contributed by atoms with Crippen molar-refractivity contribution >= 4 is 11.0 Å². The number of hydrogen-bond donors (Lipinski definition) is 1. The Hall–Kier alpha value is -1.58. The van der Waals surface area contributed by atoms with E-state index in [9.17, 15) is 9.50 Å². The van der Waals surface area contributed by atoms with Crippen molar-refractivity contribution in [1.82, 2.24) is 5.16 Å². The SMILES string of the molecule is CC(F)c1noc2c(O)cccc12. The number of phenolic OH excluding ortho intramolecular Hbond substituents is 1. The molecule has 0 aliphatic carbocycles. The summed E-state index contributed by atoms with van der Waals surface area (Å²) in [7, 11) is 0. The van der Waals surface area contributed by atoms with Gasteiger partial charge in [0, 0.05) is 0 Å². The third-order valence-electron chi connectivity index (χ3n) is 1.88. The summed E-state index contributed by atoms with van der Waals surface area (Å²) in [6.07, 6.45) is -1.19. The van der Waals surface area contributed by atoms with Gasteiger partial charge < -0.3 is 9.63 Å². The van der Waals surface area contributed by atoms with Crippen LogP contribution in [0.3, 0.4) is 0 Å². The average Bonchev–Trinajstić information content (AvgIpc) is 2.48. The molecule has 1 aromatic heterocycles. The molecule has 1 aromatic carbocycles. The fraction of sp³-hybridized carbons (Fsp3) is 0.222. The lowest BCUT2D eigenvalue weighted by molar-refractivity contribution is 0.340. The van der Waals surface area contributed by atoms with Crippen molar-refractivity contribution in [2.45, 2.75) is 13.1 Å². The van der Waals surface area contributed by atoms with Gasteiger partial charge >= 0.3 is 0 Å². The maximum atomic E-state index is 12.9. The second kappa shape index (κ2) is 2.73. The Morgan fingerprint density at radius 2 is 2.31 bits per heavy atom. The van der Waals surface area contributed by atoms with Crippen molar-refractivity contribution < 1.29 is 14.0 Å². The number of fused-ring (bicyclic) bond motifs is 1. The first-order chi connectivity index (χ1) is 6.20. The molecule has 0 aliphatic heterocycles. The molecule has 0 saturated heterocycles. The van der Waals surface area contributed by atoms with Crippen LogP contribution >= 0.6 is 0 Å². The standard InChI is InChI=1S/C9H8FNO2/c1-5(10)8-6-3-2-4-7(12)9(6)13-11-8/h2-5,12H,1H3. The van der Waals surface area contributed by atoms with Gasteiger partial charge in [-0.1, -0.05) is 11.2 Å². The fourth-order valence-electron chi connectivity index (χ4n) is 1.25. The molecule has 4 heteroatoms. The molecule has 2 aromatic rings. The van der Waals surface area contributed by atoms with E-state index >= 15 is 0 Å². The Balaban J connectivity index is 2.75. The highest BCUT2D eigenvalue weighted by atomic mass is 19.1. The lowest BCUT2D eigenvalue weighted by Crippen LogP contribution is -1.84.